The molecule has 3 nitrogen and oxygen atoms in total. The van der Waals surface area contributed by atoms with E-state index in [1.165, 1.54) is 12.1 Å². The van der Waals surface area contributed by atoms with Crippen molar-refractivity contribution in [2.24, 2.45) is 0 Å². The summed E-state index contributed by atoms with van der Waals surface area (Å²) in [4.78, 5) is 2.65. The Morgan fingerprint density at radius 2 is 2.80 bits per heavy atom. The van der Waals surface area contributed by atoms with E-state index in [2.05, 4.69) is 15.0 Å². The molecule has 29 valence electrons. The van der Waals surface area contributed by atoms with Crippen LogP contribution in [0.4, 0.5) is 0 Å². The Balaban J connectivity index is 2.08. The highest BCUT2D eigenvalue weighted by Gasteiger charge is 1.92. The molecule has 0 aromatic heterocycles. The van der Waals surface area contributed by atoms with Crippen molar-refractivity contribution in [1.29, 1.82) is 0 Å². The fraction of sp³-hybridized carbons (Fsp3) is 1.00. The molecule has 0 aliphatic carbocycles. The monoisotopic (exact) mass is 90.0 g/mol. The van der Waals surface area contributed by atoms with Crippen LogP contribution in [0.25, 0.3) is 0 Å². The first kappa shape index (κ1) is 3.42. The number of hydrogen-bond acceptors (Lipinski definition) is 3. The third-order valence-corrected chi connectivity index (χ3v) is 0.820. The summed E-state index contributed by atoms with van der Waals surface area (Å²) in [5.74, 6) is 0. The van der Waals surface area contributed by atoms with Gasteiger partial charge in [-0.3, -0.25) is 0 Å². The summed E-state index contributed by atoms with van der Waals surface area (Å²) >= 11 is 1.41. The molecule has 4 heteroatoms. The van der Waals surface area contributed by atoms with E-state index in [9.17, 15) is 0 Å². The topological polar surface area (TPSA) is 38.2 Å². The molecule has 1 fully saturated rings. The lowest BCUT2D eigenvalue weighted by Gasteiger charge is -1.73. The van der Waals surface area contributed by atoms with Gasteiger partial charge in [0.2, 0.25) is 0 Å². The van der Waals surface area contributed by atoms with Crippen LogP contribution in [0.15, 0.2) is 0 Å². The molecule has 5 heavy (non-hydrogen) atoms. The number of hydrogen-bond donors (Lipinski definition) is 2. The number of rotatable bonds is 0. The van der Waals surface area contributed by atoms with Crippen molar-refractivity contribution in [2.75, 3.05) is 6.67 Å². The van der Waals surface area contributed by atoms with Crippen molar-refractivity contribution in [2.45, 2.75) is 0 Å². The first-order valence-corrected chi connectivity index (χ1v) is 2.12. The van der Waals surface area contributed by atoms with Crippen molar-refractivity contribution >= 4 is 12.1 Å². The molecular weight excluding hydrogens is 86.1 g/mol. The largest absolute Gasteiger partial charge is 0.233 e. The molecule has 0 aromatic rings. The quantitative estimate of drug-likeness (QED) is 0.383. The van der Waals surface area contributed by atoms with Crippen LogP contribution >= 0.6 is 12.1 Å². The van der Waals surface area contributed by atoms with Gasteiger partial charge in [0.1, 0.15) is 0 Å². The average Bonchev–Trinajstić information content (AvgIpc) is 1.76. The van der Waals surface area contributed by atoms with E-state index in [1.54, 1.807) is 0 Å². The maximum absolute atomic E-state index is 3.69. The van der Waals surface area contributed by atoms with Crippen molar-refractivity contribution in [3.8, 4) is 0 Å². The summed E-state index contributed by atoms with van der Waals surface area (Å²) in [5.41, 5.74) is 3.69. The van der Waals surface area contributed by atoms with Crippen LogP contribution in [-0.2, 0) is 0 Å². The molecule has 2 N–H and O–H groups in total. The third kappa shape index (κ3) is 0.769. The van der Waals surface area contributed by atoms with Crippen LogP contribution in [0.5, 0.6) is 0 Å². The maximum atomic E-state index is 3.69. The molecule has 0 atom stereocenters. The summed E-state index contributed by atoms with van der Waals surface area (Å²) in [5, 5.41) is 0. The molecule has 0 amide bonds. The zero-order chi connectivity index (χ0) is 3.54. The standard InChI is InChI=1S/CH4N3S/c1-2-4-5-3-1/h3-4H,1H2. The molecule has 1 heterocycles. The third-order valence-electron chi connectivity index (χ3n) is 0.326. The Morgan fingerprint density at radius 1 is 1.80 bits per heavy atom. The zero-order valence-corrected chi connectivity index (χ0v) is 3.38. The Morgan fingerprint density at radius 3 is 3.00 bits per heavy atom. The predicted molar refractivity (Wildman–Crippen MR) is 20.9 cm³/mol. The van der Waals surface area contributed by atoms with Gasteiger partial charge in [0.15, 0.2) is 0 Å². The summed E-state index contributed by atoms with van der Waals surface area (Å²) in [6.45, 7) is 0.727. The Kier molecular flexibility index (Phi) is 1.10. The van der Waals surface area contributed by atoms with Crippen LogP contribution in [0.1, 0.15) is 0 Å². The lowest BCUT2D eigenvalue weighted by atomic mass is 11.2. The highest BCUT2D eigenvalue weighted by molar-refractivity contribution is 7.95. The van der Waals surface area contributed by atoms with E-state index in [0.717, 1.165) is 6.67 Å². The lowest BCUT2D eigenvalue weighted by molar-refractivity contribution is 0.710. The summed E-state index contributed by atoms with van der Waals surface area (Å²) in [6, 6.07) is 0. The van der Waals surface area contributed by atoms with E-state index >= 15 is 0 Å². The van der Waals surface area contributed by atoms with Crippen molar-refractivity contribution in [3.63, 3.8) is 0 Å². The number of nitrogens with one attached hydrogen (secondary N) is 2. The number of nitrogens with zero attached hydrogens (tertiary/aromatic N) is 1. The second-order valence-electron chi connectivity index (χ2n) is 0.654. The van der Waals surface area contributed by atoms with Gasteiger partial charge in [0.05, 0.1) is 6.67 Å². The van der Waals surface area contributed by atoms with Crippen molar-refractivity contribution in [1.82, 2.24) is 15.0 Å². The normalized spacial score (nSPS) is 24.0. The van der Waals surface area contributed by atoms with E-state index in [-0.39, 0.29) is 0 Å². The molecule has 1 saturated heterocycles. The highest BCUT2D eigenvalue weighted by Crippen LogP contribution is 1.84. The zero-order valence-electron chi connectivity index (χ0n) is 2.56. The molecule has 0 aromatic carbocycles. The Bertz CT molecular complexity index is 18.5. The van der Waals surface area contributed by atoms with Gasteiger partial charge in [-0.05, 0) is 0 Å². The average molecular weight is 90.1 g/mol. The molecule has 0 bridgehead atoms. The molecule has 0 saturated carbocycles. The summed E-state index contributed by atoms with van der Waals surface area (Å²) in [6.07, 6.45) is 0. The SMILES string of the molecule is C1[N]NSN1. The van der Waals surface area contributed by atoms with E-state index in [4.69, 9.17) is 0 Å². The van der Waals surface area contributed by atoms with Gasteiger partial charge in [-0.1, -0.05) is 0 Å². The van der Waals surface area contributed by atoms with Crippen LogP contribution < -0.4 is 15.0 Å². The van der Waals surface area contributed by atoms with Gasteiger partial charge in [-0.25, -0.2) is 4.72 Å². The molecule has 1 aliphatic rings. The van der Waals surface area contributed by atoms with E-state index in [0.29, 0.717) is 0 Å². The minimum absolute atomic E-state index is 0.727. The minimum atomic E-state index is 0.727. The molecular formula is CH4N3S. The van der Waals surface area contributed by atoms with Gasteiger partial charge < -0.3 is 0 Å². The molecule has 0 spiro atoms. The highest BCUT2D eigenvalue weighted by atomic mass is 32.2. The Labute approximate surface area is 34.7 Å². The molecule has 0 unspecified atom stereocenters. The molecule has 1 rings (SSSR count). The van der Waals surface area contributed by atoms with Crippen molar-refractivity contribution in [3.05, 3.63) is 0 Å². The first-order valence-electron chi connectivity index (χ1n) is 1.30. The van der Waals surface area contributed by atoms with Gasteiger partial charge in [0, 0.05) is 12.1 Å². The van der Waals surface area contributed by atoms with E-state index < -0.39 is 0 Å². The van der Waals surface area contributed by atoms with Crippen LogP contribution in [0.2, 0.25) is 0 Å². The van der Waals surface area contributed by atoms with Gasteiger partial charge in [-0.15, -0.1) is 5.43 Å². The Hall–Kier alpha value is 0.230. The van der Waals surface area contributed by atoms with Crippen molar-refractivity contribution < 1.29 is 0 Å². The fourth-order valence-corrected chi connectivity index (χ4v) is 0.484. The summed E-state index contributed by atoms with van der Waals surface area (Å²) < 4.78 is 2.86. The minimum Gasteiger partial charge on any atom is -0.233 e. The smallest absolute Gasteiger partial charge is 0.0909 e. The van der Waals surface area contributed by atoms with Crippen LogP contribution in [0, 0.1) is 0 Å². The van der Waals surface area contributed by atoms with Gasteiger partial charge in [-0.2, -0.15) is 4.83 Å². The van der Waals surface area contributed by atoms with Gasteiger partial charge >= 0.3 is 0 Å². The molecule has 1 aliphatic heterocycles. The second kappa shape index (κ2) is 1.61. The second-order valence-corrected chi connectivity index (χ2v) is 1.33. The molecule has 1 radical (unpaired) electrons. The lowest BCUT2D eigenvalue weighted by Crippen LogP contribution is -2.08. The maximum Gasteiger partial charge on any atom is 0.0909 e. The van der Waals surface area contributed by atoms with Crippen LogP contribution in [-0.4, -0.2) is 6.67 Å². The predicted octanol–water partition coefficient (Wildman–Crippen LogP) is -0.781. The first-order chi connectivity index (χ1) is 2.50. The summed E-state index contributed by atoms with van der Waals surface area (Å²) in [7, 11) is 0. The van der Waals surface area contributed by atoms with Gasteiger partial charge in [0.25, 0.3) is 0 Å². The van der Waals surface area contributed by atoms with E-state index in [1.807, 2.05) is 0 Å². The fourth-order valence-electron chi connectivity index (χ4n) is 0.161. The van der Waals surface area contributed by atoms with Crippen LogP contribution in [0.3, 0.4) is 0 Å².